The first-order valence-electron chi connectivity index (χ1n) is 8.92. The van der Waals surface area contributed by atoms with Crippen LogP contribution in [0.5, 0.6) is 0 Å². The average Bonchev–Trinajstić information content (AvgIpc) is 2.63. The van der Waals surface area contributed by atoms with Gasteiger partial charge in [0.2, 0.25) is 0 Å². The second-order valence-electron chi connectivity index (χ2n) is 9.53. The molecule has 0 unspecified atom stereocenters. The summed E-state index contributed by atoms with van der Waals surface area (Å²) in [6.07, 6.45) is 0. The molecule has 0 aliphatic carbocycles. The summed E-state index contributed by atoms with van der Waals surface area (Å²) in [6, 6.07) is 4.55. The second-order valence-corrected chi connectivity index (χ2v) is 9.53. The van der Waals surface area contributed by atoms with Gasteiger partial charge in [-0.3, -0.25) is 0 Å². The van der Waals surface area contributed by atoms with E-state index in [1.165, 1.54) is 16.7 Å². The monoisotopic (exact) mass is 330 g/mol. The lowest BCUT2D eigenvalue weighted by molar-refractivity contribution is -0.0587. The fourth-order valence-corrected chi connectivity index (χ4v) is 3.52. The van der Waals surface area contributed by atoms with Crippen LogP contribution in [-0.2, 0) is 25.1 Å². The van der Waals surface area contributed by atoms with Crippen LogP contribution in [0.4, 0.5) is 0 Å². The van der Waals surface area contributed by atoms with Gasteiger partial charge in [-0.15, -0.1) is 0 Å². The maximum Gasteiger partial charge on any atom is 0.495 e. The summed E-state index contributed by atoms with van der Waals surface area (Å²) in [5.41, 5.74) is 4.03. The lowest BCUT2D eigenvalue weighted by Gasteiger charge is -2.42. The zero-order valence-corrected chi connectivity index (χ0v) is 16.7. The minimum atomic E-state index is -0.322. The molecule has 0 N–H and O–H groups in total. The smallest absolute Gasteiger partial charge is 0.399 e. The van der Waals surface area contributed by atoms with Gasteiger partial charge in [0.05, 0.1) is 23.4 Å². The second kappa shape index (κ2) is 5.09. The number of hydrogen-bond donors (Lipinski definition) is 0. The first kappa shape index (κ1) is 18.0. The Bertz CT molecular complexity index is 658. The molecule has 3 rings (SSSR count). The van der Waals surface area contributed by atoms with Crippen LogP contribution < -0.4 is 5.46 Å². The molecule has 0 atom stereocenters. The topological polar surface area (TPSA) is 27.7 Å². The molecule has 2 aliphatic rings. The highest BCUT2D eigenvalue weighted by Crippen LogP contribution is 2.42. The van der Waals surface area contributed by atoms with Gasteiger partial charge >= 0.3 is 7.12 Å². The van der Waals surface area contributed by atoms with Crippen LogP contribution in [0.15, 0.2) is 12.1 Å². The Hall–Kier alpha value is -0.835. The van der Waals surface area contributed by atoms with E-state index in [1.54, 1.807) is 0 Å². The van der Waals surface area contributed by atoms with Gasteiger partial charge in [0, 0.05) is 5.41 Å². The highest BCUT2D eigenvalue weighted by atomic mass is 16.7. The molecule has 1 aromatic rings. The first-order valence-corrected chi connectivity index (χ1v) is 8.92. The number of benzene rings is 1. The molecule has 4 heteroatoms. The third-order valence-electron chi connectivity index (χ3n) is 6.08. The van der Waals surface area contributed by atoms with Crippen molar-refractivity contribution in [3.05, 3.63) is 28.8 Å². The molecule has 1 aromatic carbocycles. The van der Waals surface area contributed by atoms with Crippen LogP contribution in [0.25, 0.3) is 0 Å². The predicted octanol–water partition coefficient (Wildman–Crippen LogP) is 3.84. The van der Waals surface area contributed by atoms with Crippen molar-refractivity contribution < 1.29 is 14.0 Å². The number of rotatable bonds is 1. The summed E-state index contributed by atoms with van der Waals surface area (Å²) in [4.78, 5) is 0. The Morgan fingerprint density at radius 3 is 1.92 bits per heavy atom. The van der Waals surface area contributed by atoms with Crippen molar-refractivity contribution >= 4 is 12.6 Å². The van der Waals surface area contributed by atoms with Crippen LogP contribution in [0.1, 0.15) is 72.1 Å². The number of aryl methyl sites for hydroxylation is 1. The van der Waals surface area contributed by atoms with Gasteiger partial charge < -0.3 is 14.0 Å². The molecule has 2 aliphatic heterocycles. The van der Waals surface area contributed by atoms with Crippen LogP contribution in [-0.4, -0.2) is 24.9 Å². The van der Waals surface area contributed by atoms with E-state index < -0.39 is 0 Å². The Morgan fingerprint density at radius 1 is 0.833 bits per heavy atom. The van der Waals surface area contributed by atoms with E-state index in [2.05, 4.69) is 74.4 Å². The van der Waals surface area contributed by atoms with E-state index in [0.29, 0.717) is 0 Å². The van der Waals surface area contributed by atoms with Gasteiger partial charge in [-0.1, -0.05) is 31.5 Å². The van der Waals surface area contributed by atoms with Gasteiger partial charge in [-0.2, -0.15) is 0 Å². The fourth-order valence-electron chi connectivity index (χ4n) is 3.52. The normalized spacial score (nSPS) is 26.3. The minimum absolute atomic E-state index is 0.0169. The Balaban J connectivity index is 2.10. The van der Waals surface area contributed by atoms with E-state index in [1.807, 2.05) is 0 Å². The molecule has 0 radical (unpaired) electrons. The van der Waals surface area contributed by atoms with E-state index in [9.17, 15) is 0 Å². The van der Waals surface area contributed by atoms with Crippen LogP contribution in [0.2, 0.25) is 0 Å². The summed E-state index contributed by atoms with van der Waals surface area (Å²) < 4.78 is 18.7. The zero-order chi connectivity index (χ0) is 18.1. The molecule has 0 bridgehead atoms. The molecular weight excluding hydrogens is 299 g/mol. The maximum atomic E-state index is 6.29. The van der Waals surface area contributed by atoms with E-state index in [4.69, 9.17) is 14.0 Å². The SMILES string of the molecule is Cc1cc2c(cc1B1OC(C)(C)C(C)(C)O1)C(C)(C)COC2(C)C. The zero-order valence-electron chi connectivity index (χ0n) is 16.7. The molecular formula is C20H31BO3. The molecule has 0 aromatic heterocycles. The molecule has 132 valence electrons. The largest absolute Gasteiger partial charge is 0.495 e. The maximum absolute atomic E-state index is 6.29. The molecule has 2 heterocycles. The fraction of sp³-hybridized carbons (Fsp3) is 0.700. The summed E-state index contributed by atoms with van der Waals surface area (Å²) in [5, 5.41) is 0. The van der Waals surface area contributed by atoms with Crippen LogP contribution >= 0.6 is 0 Å². The van der Waals surface area contributed by atoms with E-state index in [0.717, 1.165) is 12.1 Å². The van der Waals surface area contributed by atoms with Gasteiger partial charge in [0.25, 0.3) is 0 Å². The van der Waals surface area contributed by atoms with E-state index in [-0.39, 0.29) is 29.3 Å². The molecule has 0 spiro atoms. The van der Waals surface area contributed by atoms with Crippen molar-refractivity contribution in [3.63, 3.8) is 0 Å². The van der Waals surface area contributed by atoms with Gasteiger partial charge in [0.15, 0.2) is 0 Å². The number of hydrogen-bond acceptors (Lipinski definition) is 3. The lowest BCUT2D eigenvalue weighted by atomic mass is 9.68. The van der Waals surface area contributed by atoms with Crippen molar-refractivity contribution in [2.45, 2.75) is 84.5 Å². The first-order chi connectivity index (χ1) is 10.8. The predicted molar refractivity (Wildman–Crippen MR) is 98.9 cm³/mol. The number of ether oxygens (including phenoxy) is 1. The van der Waals surface area contributed by atoms with Crippen molar-refractivity contribution in [1.29, 1.82) is 0 Å². The third-order valence-corrected chi connectivity index (χ3v) is 6.08. The highest BCUT2D eigenvalue weighted by molar-refractivity contribution is 6.62. The Labute approximate surface area is 147 Å². The summed E-state index contributed by atoms with van der Waals surface area (Å²) in [6.45, 7) is 20.0. The lowest BCUT2D eigenvalue weighted by Crippen LogP contribution is -2.43. The molecule has 3 nitrogen and oxygen atoms in total. The standard InChI is InChI=1S/C20H31BO3/c1-13-10-15-14(17(2,3)12-22-18(15,4)5)11-16(13)21-23-19(6,7)20(8,9)24-21/h10-11H,12H2,1-9H3. The van der Waals surface area contributed by atoms with Crippen molar-refractivity contribution in [2.75, 3.05) is 6.61 Å². The molecule has 1 saturated heterocycles. The van der Waals surface area contributed by atoms with Crippen LogP contribution in [0, 0.1) is 6.92 Å². The van der Waals surface area contributed by atoms with E-state index >= 15 is 0 Å². The van der Waals surface area contributed by atoms with Gasteiger partial charge in [-0.25, -0.2) is 0 Å². The summed E-state index contributed by atoms with van der Waals surface area (Å²) in [7, 11) is -0.318. The van der Waals surface area contributed by atoms with Crippen LogP contribution in [0.3, 0.4) is 0 Å². The van der Waals surface area contributed by atoms with Gasteiger partial charge in [0.1, 0.15) is 0 Å². The third kappa shape index (κ3) is 2.63. The van der Waals surface area contributed by atoms with Crippen molar-refractivity contribution in [3.8, 4) is 0 Å². The Kier molecular flexibility index (Phi) is 3.81. The van der Waals surface area contributed by atoms with Gasteiger partial charge in [-0.05, 0) is 65.1 Å². The Morgan fingerprint density at radius 2 is 1.38 bits per heavy atom. The molecule has 0 amide bonds. The molecule has 1 fully saturated rings. The quantitative estimate of drug-likeness (QED) is 0.732. The molecule has 0 saturated carbocycles. The number of fused-ring (bicyclic) bond motifs is 1. The highest BCUT2D eigenvalue weighted by Gasteiger charge is 2.52. The minimum Gasteiger partial charge on any atom is -0.399 e. The van der Waals surface area contributed by atoms with Crippen molar-refractivity contribution in [1.82, 2.24) is 0 Å². The van der Waals surface area contributed by atoms with Crippen molar-refractivity contribution in [2.24, 2.45) is 0 Å². The molecule has 24 heavy (non-hydrogen) atoms. The summed E-state index contributed by atoms with van der Waals surface area (Å²) >= 11 is 0. The summed E-state index contributed by atoms with van der Waals surface area (Å²) in [5.74, 6) is 0. The average molecular weight is 330 g/mol.